The molecule has 0 saturated heterocycles. The number of Topliss-reactive ketones (excluding diaryl/α,β-unsaturated/α-hetero) is 1. The Balaban J connectivity index is 2.45. The maximum absolute atomic E-state index is 11.4. The van der Waals surface area contributed by atoms with E-state index in [-0.39, 0.29) is 11.9 Å². The fourth-order valence-electron chi connectivity index (χ4n) is 1.40. The summed E-state index contributed by atoms with van der Waals surface area (Å²) in [5.74, 6) is 0.735. The molecule has 1 heterocycles. The predicted octanol–water partition coefficient (Wildman–Crippen LogP) is 2.91. The SMILES string of the molecule is CCC(=O)c1ccc(OC(C)CCNSS)cn1. The monoisotopic (exact) mass is 286 g/mol. The van der Waals surface area contributed by atoms with Crippen molar-refractivity contribution in [3.8, 4) is 5.75 Å². The van der Waals surface area contributed by atoms with Gasteiger partial charge in [-0.05, 0) is 36.5 Å². The Morgan fingerprint density at radius 2 is 2.39 bits per heavy atom. The van der Waals surface area contributed by atoms with Crippen LogP contribution in [0.3, 0.4) is 0 Å². The van der Waals surface area contributed by atoms with Gasteiger partial charge in [-0.25, -0.2) is 4.98 Å². The van der Waals surface area contributed by atoms with Gasteiger partial charge in [0.25, 0.3) is 0 Å². The zero-order chi connectivity index (χ0) is 13.4. The van der Waals surface area contributed by atoms with Crippen molar-refractivity contribution in [1.29, 1.82) is 0 Å². The van der Waals surface area contributed by atoms with E-state index >= 15 is 0 Å². The first-order chi connectivity index (χ1) is 8.67. The summed E-state index contributed by atoms with van der Waals surface area (Å²) in [6, 6.07) is 3.49. The minimum atomic E-state index is 0.0459. The lowest BCUT2D eigenvalue weighted by Gasteiger charge is -2.14. The van der Waals surface area contributed by atoms with E-state index in [1.165, 1.54) is 11.0 Å². The third kappa shape index (κ3) is 5.29. The van der Waals surface area contributed by atoms with Crippen LogP contribution in [0.4, 0.5) is 0 Å². The number of hydrogen-bond acceptors (Lipinski definition) is 6. The lowest BCUT2D eigenvalue weighted by molar-refractivity contribution is 0.0983. The molecular formula is C12H18N2O2S2. The molecule has 1 rings (SSSR count). The quantitative estimate of drug-likeness (QED) is 0.253. The van der Waals surface area contributed by atoms with Crippen LogP contribution in [-0.4, -0.2) is 23.4 Å². The van der Waals surface area contributed by atoms with Crippen molar-refractivity contribution in [2.75, 3.05) is 6.54 Å². The largest absolute Gasteiger partial charge is 0.489 e. The van der Waals surface area contributed by atoms with Gasteiger partial charge in [-0.15, -0.1) is 0 Å². The van der Waals surface area contributed by atoms with E-state index in [1.807, 2.05) is 13.8 Å². The molecule has 4 nitrogen and oxygen atoms in total. The zero-order valence-corrected chi connectivity index (χ0v) is 12.3. The van der Waals surface area contributed by atoms with Crippen LogP contribution < -0.4 is 9.46 Å². The highest BCUT2D eigenvalue weighted by Gasteiger charge is 2.07. The molecule has 18 heavy (non-hydrogen) atoms. The standard InChI is InChI=1S/C12H18N2O2S2/c1-3-12(15)11-5-4-10(8-13-11)16-9(2)6-7-14-18-17/h4-5,8-9,14,17H,3,6-7H2,1-2H3. The number of thiol groups is 1. The van der Waals surface area contributed by atoms with E-state index in [0.29, 0.717) is 17.9 Å². The first-order valence-electron chi connectivity index (χ1n) is 5.86. The molecular weight excluding hydrogens is 268 g/mol. The molecule has 1 atom stereocenters. The van der Waals surface area contributed by atoms with Gasteiger partial charge >= 0.3 is 0 Å². The lowest BCUT2D eigenvalue weighted by Crippen LogP contribution is -2.18. The van der Waals surface area contributed by atoms with Crippen LogP contribution in [0.2, 0.25) is 0 Å². The summed E-state index contributed by atoms with van der Waals surface area (Å²) >= 11 is 3.98. The number of carbonyl (C=O) groups excluding carboxylic acids is 1. The fraction of sp³-hybridized carbons (Fsp3) is 0.500. The van der Waals surface area contributed by atoms with E-state index < -0.39 is 0 Å². The summed E-state index contributed by atoms with van der Waals surface area (Å²) in [7, 11) is 1.30. The molecule has 6 heteroatoms. The third-order valence-electron chi connectivity index (χ3n) is 2.40. The van der Waals surface area contributed by atoms with Crippen molar-refractivity contribution >= 4 is 28.4 Å². The van der Waals surface area contributed by atoms with Crippen LogP contribution in [0.25, 0.3) is 0 Å². The molecule has 0 aliphatic rings. The number of carbonyl (C=O) groups is 1. The van der Waals surface area contributed by atoms with E-state index in [1.54, 1.807) is 18.3 Å². The van der Waals surface area contributed by atoms with Crippen molar-refractivity contribution in [1.82, 2.24) is 9.71 Å². The smallest absolute Gasteiger partial charge is 0.180 e. The van der Waals surface area contributed by atoms with E-state index in [4.69, 9.17) is 4.74 Å². The maximum atomic E-state index is 11.4. The molecule has 1 unspecified atom stereocenters. The Hall–Kier alpha value is -0.720. The number of nitrogens with one attached hydrogen (secondary N) is 1. The Labute approximate surface area is 117 Å². The number of aromatic nitrogens is 1. The Morgan fingerprint density at radius 1 is 1.61 bits per heavy atom. The van der Waals surface area contributed by atoms with Gasteiger partial charge in [0.15, 0.2) is 5.78 Å². The molecule has 0 aliphatic heterocycles. The number of nitrogens with zero attached hydrogens (tertiary/aromatic N) is 1. The normalized spacial score (nSPS) is 12.2. The molecule has 1 aromatic rings. The Morgan fingerprint density at radius 3 is 2.94 bits per heavy atom. The number of ketones is 1. The van der Waals surface area contributed by atoms with E-state index in [2.05, 4.69) is 21.4 Å². The molecule has 0 radical (unpaired) electrons. The van der Waals surface area contributed by atoms with Crippen LogP contribution >= 0.6 is 22.6 Å². The average molecular weight is 286 g/mol. The van der Waals surface area contributed by atoms with E-state index in [0.717, 1.165) is 13.0 Å². The summed E-state index contributed by atoms with van der Waals surface area (Å²) in [4.78, 5) is 15.5. The summed E-state index contributed by atoms with van der Waals surface area (Å²) < 4.78 is 8.72. The number of pyridine rings is 1. The summed E-state index contributed by atoms with van der Waals surface area (Å²) in [5.41, 5.74) is 0.491. The van der Waals surface area contributed by atoms with Gasteiger partial charge in [0.2, 0.25) is 0 Å². The molecule has 0 fully saturated rings. The topological polar surface area (TPSA) is 51.2 Å². The van der Waals surface area contributed by atoms with E-state index in [9.17, 15) is 4.79 Å². The number of rotatable bonds is 8. The van der Waals surface area contributed by atoms with Gasteiger partial charge in [-0.3, -0.25) is 9.52 Å². The summed E-state index contributed by atoms with van der Waals surface area (Å²) in [6.45, 7) is 4.65. The van der Waals surface area contributed by atoms with Crippen molar-refractivity contribution < 1.29 is 9.53 Å². The highest BCUT2D eigenvalue weighted by atomic mass is 33.1. The van der Waals surface area contributed by atoms with Gasteiger partial charge in [0.05, 0.1) is 12.3 Å². The van der Waals surface area contributed by atoms with Crippen LogP contribution in [0.15, 0.2) is 18.3 Å². The zero-order valence-electron chi connectivity index (χ0n) is 10.5. The molecule has 0 spiro atoms. The molecule has 1 aromatic heterocycles. The maximum Gasteiger partial charge on any atom is 0.180 e. The van der Waals surface area contributed by atoms with Crippen molar-refractivity contribution in [2.24, 2.45) is 0 Å². The lowest BCUT2D eigenvalue weighted by atomic mass is 10.2. The van der Waals surface area contributed by atoms with Crippen LogP contribution in [0.5, 0.6) is 5.75 Å². The second-order valence-electron chi connectivity index (χ2n) is 3.86. The second kappa shape index (κ2) is 8.39. The van der Waals surface area contributed by atoms with Crippen molar-refractivity contribution in [2.45, 2.75) is 32.8 Å². The van der Waals surface area contributed by atoms with Gasteiger partial charge in [-0.1, -0.05) is 18.6 Å². The van der Waals surface area contributed by atoms with Gasteiger partial charge in [0, 0.05) is 13.0 Å². The fourth-order valence-corrected chi connectivity index (χ4v) is 1.88. The predicted molar refractivity (Wildman–Crippen MR) is 78.1 cm³/mol. The van der Waals surface area contributed by atoms with Crippen LogP contribution in [0, 0.1) is 0 Å². The Bertz CT molecular complexity index is 371. The second-order valence-corrected chi connectivity index (χ2v) is 4.88. The third-order valence-corrected chi connectivity index (χ3v) is 3.12. The molecule has 100 valence electrons. The van der Waals surface area contributed by atoms with Crippen LogP contribution in [0.1, 0.15) is 37.2 Å². The molecule has 0 bridgehead atoms. The highest BCUT2D eigenvalue weighted by Crippen LogP contribution is 2.13. The van der Waals surface area contributed by atoms with Crippen molar-refractivity contribution in [3.63, 3.8) is 0 Å². The summed E-state index contributed by atoms with van der Waals surface area (Å²) in [5, 5.41) is 0. The first-order valence-corrected chi connectivity index (χ1v) is 7.73. The van der Waals surface area contributed by atoms with Crippen molar-refractivity contribution in [3.05, 3.63) is 24.0 Å². The van der Waals surface area contributed by atoms with Gasteiger partial charge in [-0.2, -0.15) is 0 Å². The Kier molecular flexibility index (Phi) is 7.15. The molecule has 0 amide bonds. The minimum Gasteiger partial charge on any atom is -0.489 e. The number of ether oxygens (including phenoxy) is 1. The van der Waals surface area contributed by atoms with Gasteiger partial charge < -0.3 is 4.74 Å². The molecule has 0 aliphatic carbocycles. The first kappa shape index (κ1) is 15.3. The van der Waals surface area contributed by atoms with Gasteiger partial charge in [0.1, 0.15) is 11.4 Å². The number of hydrogen-bond donors (Lipinski definition) is 2. The average Bonchev–Trinajstić information content (AvgIpc) is 2.39. The minimum absolute atomic E-state index is 0.0459. The van der Waals surface area contributed by atoms with Crippen LogP contribution in [-0.2, 0) is 0 Å². The summed E-state index contributed by atoms with van der Waals surface area (Å²) in [6.07, 6.45) is 3.03. The molecule has 1 N–H and O–H groups in total. The highest BCUT2D eigenvalue weighted by molar-refractivity contribution is 8.67. The molecule has 0 aromatic carbocycles. The molecule has 0 saturated carbocycles.